The van der Waals surface area contributed by atoms with Crippen LogP contribution in [0.3, 0.4) is 0 Å². The lowest BCUT2D eigenvalue weighted by atomic mass is 9.95. The van der Waals surface area contributed by atoms with Gasteiger partial charge in [-0.3, -0.25) is 4.79 Å². The van der Waals surface area contributed by atoms with E-state index in [1.165, 1.54) is 6.42 Å². The topological polar surface area (TPSA) is 172 Å². The highest BCUT2D eigenvalue weighted by Crippen LogP contribution is 2.36. The van der Waals surface area contributed by atoms with Crippen molar-refractivity contribution in [1.82, 2.24) is 35.5 Å². The van der Waals surface area contributed by atoms with Crippen molar-refractivity contribution in [3.63, 3.8) is 0 Å². The summed E-state index contributed by atoms with van der Waals surface area (Å²) in [5.41, 5.74) is 3.57. The molecule has 1 aliphatic carbocycles. The lowest BCUT2D eigenvalue weighted by molar-refractivity contribution is -0.142. The minimum Gasteiger partial charge on any atom is -0.480 e. The van der Waals surface area contributed by atoms with Crippen LogP contribution in [0.4, 0.5) is 0 Å². The molecule has 3 aromatic heterocycles. The molecule has 1 fully saturated rings. The Morgan fingerprint density at radius 2 is 1.85 bits per heavy atom. The van der Waals surface area contributed by atoms with E-state index < -0.39 is 24.0 Å². The Balaban J connectivity index is 1.26. The number of imidazole rings is 1. The summed E-state index contributed by atoms with van der Waals surface area (Å²) in [6, 6.07) is 12.1. The molecule has 12 nitrogen and oxygen atoms in total. The number of nitrogens with zero attached hydrogens (tertiary/aromatic N) is 5. The van der Waals surface area contributed by atoms with E-state index in [4.69, 9.17) is 9.40 Å². The number of fused-ring (bicyclic) bond motifs is 1. The molecule has 3 heterocycles. The van der Waals surface area contributed by atoms with Crippen LogP contribution >= 0.6 is 0 Å². The minimum atomic E-state index is -1.58. The predicted octanol–water partition coefficient (Wildman–Crippen LogP) is 3.90. The number of aliphatic hydroxyl groups excluding tert-OH is 1. The third-order valence-corrected chi connectivity index (χ3v) is 7.40. The smallest absolute Gasteiger partial charge is 0.329 e. The molecule has 4 N–H and O–H groups in total. The van der Waals surface area contributed by atoms with Gasteiger partial charge in [0.2, 0.25) is 5.82 Å². The number of aromatic nitrogens is 6. The third-order valence-electron chi connectivity index (χ3n) is 7.40. The van der Waals surface area contributed by atoms with Gasteiger partial charge >= 0.3 is 5.97 Å². The van der Waals surface area contributed by atoms with Crippen LogP contribution in [0.2, 0.25) is 0 Å². The number of nitrogens with one attached hydrogen (secondary N) is 2. The van der Waals surface area contributed by atoms with Crippen molar-refractivity contribution < 1.29 is 24.2 Å². The van der Waals surface area contributed by atoms with E-state index in [0.29, 0.717) is 28.5 Å². The third kappa shape index (κ3) is 4.84. The van der Waals surface area contributed by atoms with Crippen LogP contribution in [0, 0.1) is 0 Å². The van der Waals surface area contributed by atoms with E-state index in [0.717, 1.165) is 42.6 Å². The van der Waals surface area contributed by atoms with Crippen LogP contribution in [-0.4, -0.2) is 58.3 Å². The zero-order valence-corrected chi connectivity index (χ0v) is 21.4. The van der Waals surface area contributed by atoms with Gasteiger partial charge in [-0.25, -0.2) is 9.78 Å². The van der Waals surface area contributed by atoms with Crippen molar-refractivity contribution in [3.8, 4) is 22.8 Å². The van der Waals surface area contributed by atoms with Gasteiger partial charge in [0.05, 0.1) is 22.9 Å². The van der Waals surface area contributed by atoms with Crippen LogP contribution in [-0.2, 0) is 4.79 Å². The molecular weight excluding hydrogens is 514 g/mol. The fourth-order valence-electron chi connectivity index (χ4n) is 5.35. The number of benzene rings is 2. The molecule has 5 aromatic rings. The molecule has 204 valence electrons. The molecule has 0 radical (unpaired) electrons. The molecule has 0 saturated heterocycles. The molecule has 1 saturated carbocycles. The maximum absolute atomic E-state index is 13.2. The van der Waals surface area contributed by atoms with Crippen LogP contribution in [0.5, 0.6) is 0 Å². The number of aliphatic carboxylic acids is 1. The van der Waals surface area contributed by atoms with E-state index in [1.807, 2.05) is 12.1 Å². The van der Waals surface area contributed by atoms with Gasteiger partial charge in [-0.15, -0.1) is 10.2 Å². The quantitative estimate of drug-likeness (QED) is 0.227. The highest BCUT2D eigenvalue weighted by molar-refractivity contribution is 5.99. The molecule has 2 atom stereocenters. The fourth-order valence-corrected chi connectivity index (χ4v) is 5.35. The number of tetrazole rings is 1. The molecule has 1 aliphatic rings. The van der Waals surface area contributed by atoms with Gasteiger partial charge in [0.25, 0.3) is 5.91 Å². The number of carbonyl (C=O) groups is 2. The zero-order valence-electron chi connectivity index (χ0n) is 21.4. The predicted molar refractivity (Wildman–Crippen MR) is 143 cm³/mol. The fraction of sp³-hybridized carbons (Fsp3) is 0.286. The van der Waals surface area contributed by atoms with Gasteiger partial charge < -0.3 is 24.5 Å². The molecule has 6 rings (SSSR count). The van der Waals surface area contributed by atoms with E-state index in [-0.39, 0.29) is 5.56 Å². The van der Waals surface area contributed by atoms with Crippen molar-refractivity contribution in [1.29, 1.82) is 0 Å². The van der Waals surface area contributed by atoms with Crippen molar-refractivity contribution in [2.24, 2.45) is 0 Å². The number of furan rings is 1. The van der Waals surface area contributed by atoms with E-state index in [2.05, 4.69) is 30.5 Å². The van der Waals surface area contributed by atoms with Crippen LogP contribution in [0.25, 0.3) is 33.8 Å². The van der Waals surface area contributed by atoms with Gasteiger partial charge in [-0.05, 0) is 47.9 Å². The Morgan fingerprint density at radius 3 is 2.52 bits per heavy atom. The highest BCUT2D eigenvalue weighted by Gasteiger charge is 2.30. The number of carboxylic acids is 1. The molecule has 0 unspecified atom stereocenters. The molecule has 0 bridgehead atoms. The van der Waals surface area contributed by atoms with Gasteiger partial charge in [-0.1, -0.05) is 43.5 Å². The molecular formula is C28H27N7O5. The first-order valence-electron chi connectivity index (χ1n) is 13.1. The van der Waals surface area contributed by atoms with E-state index in [1.54, 1.807) is 48.9 Å². The van der Waals surface area contributed by atoms with Crippen molar-refractivity contribution in [2.45, 2.75) is 50.3 Å². The number of H-pyrrole nitrogens is 1. The molecule has 2 aromatic carbocycles. The number of aliphatic hydroxyl groups is 1. The lowest BCUT2D eigenvalue weighted by Crippen LogP contribution is -2.45. The summed E-state index contributed by atoms with van der Waals surface area (Å²) in [5, 5.41) is 36.8. The number of aromatic amines is 1. The summed E-state index contributed by atoms with van der Waals surface area (Å²) in [4.78, 5) is 30.1. The summed E-state index contributed by atoms with van der Waals surface area (Å²) in [5.74, 6) is -0.862. The highest BCUT2D eigenvalue weighted by atomic mass is 16.4. The van der Waals surface area contributed by atoms with Gasteiger partial charge in [0.15, 0.2) is 6.04 Å². The molecule has 40 heavy (non-hydrogen) atoms. The Hall–Kier alpha value is -4.84. The standard InChI is InChI=1S/C28H27N7O5/c36-24(16-6-8-17(9-7-16)25-31-33-34-32-25)23(28(38)39)30-27(37)18-10-11-22-21(14-18)29-26(19-12-13-40-15-19)35(22)20-4-2-1-3-5-20/h6-15,20,23-24,36H,1-5H2,(H,30,37)(H,38,39)(H,31,32,33,34)/t23-,24-/m0/s1. The lowest BCUT2D eigenvalue weighted by Gasteiger charge is -2.25. The summed E-state index contributed by atoms with van der Waals surface area (Å²) in [6.45, 7) is 0. The average Bonchev–Trinajstić information content (AvgIpc) is 3.77. The first kappa shape index (κ1) is 25.4. The number of carbonyl (C=O) groups excluding carboxylic acids is 1. The molecule has 1 amide bonds. The normalized spacial score (nSPS) is 15.6. The van der Waals surface area contributed by atoms with E-state index >= 15 is 0 Å². The second-order valence-electron chi connectivity index (χ2n) is 9.90. The molecule has 0 spiro atoms. The van der Waals surface area contributed by atoms with Crippen LogP contribution in [0.15, 0.2) is 65.5 Å². The van der Waals surface area contributed by atoms with E-state index in [9.17, 15) is 19.8 Å². The molecule has 0 aliphatic heterocycles. The number of rotatable bonds is 8. The van der Waals surface area contributed by atoms with Crippen LogP contribution < -0.4 is 5.32 Å². The number of hydrogen-bond donors (Lipinski definition) is 4. The Morgan fingerprint density at radius 1 is 1.05 bits per heavy atom. The SMILES string of the molecule is O=C(N[C@H](C(=O)O)[C@@H](O)c1ccc(-c2nn[nH]n2)cc1)c1ccc2c(c1)nc(-c1ccoc1)n2C1CCCCC1. The Bertz CT molecular complexity index is 1620. The largest absolute Gasteiger partial charge is 0.480 e. The number of hydrogen-bond acceptors (Lipinski definition) is 8. The monoisotopic (exact) mass is 541 g/mol. The molecule has 12 heteroatoms. The average molecular weight is 542 g/mol. The maximum Gasteiger partial charge on any atom is 0.329 e. The first-order valence-corrected chi connectivity index (χ1v) is 13.1. The number of amides is 1. The Kier molecular flexibility index (Phi) is 6.83. The summed E-state index contributed by atoms with van der Waals surface area (Å²) in [7, 11) is 0. The maximum atomic E-state index is 13.2. The van der Waals surface area contributed by atoms with Crippen molar-refractivity contribution in [2.75, 3.05) is 0 Å². The zero-order chi connectivity index (χ0) is 27.6. The Labute approximate surface area is 228 Å². The summed E-state index contributed by atoms with van der Waals surface area (Å²) >= 11 is 0. The first-order chi connectivity index (χ1) is 19.5. The van der Waals surface area contributed by atoms with Crippen LogP contribution in [0.1, 0.15) is 60.2 Å². The second kappa shape index (κ2) is 10.7. The van der Waals surface area contributed by atoms with Crippen molar-refractivity contribution >= 4 is 22.9 Å². The van der Waals surface area contributed by atoms with Gasteiger partial charge in [-0.2, -0.15) is 5.21 Å². The summed E-state index contributed by atoms with van der Waals surface area (Å²) < 4.78 is 7.54. The van der Waals surface area contributed by atoms with Crippen molar-refractivity contribution in [3.05, 3.63) is 72.2 Å². The second-order valence-corrected chi connectivity index (χ2v) is 9.90. The van der Waals surface area contributed by atoms with Gasteiger partial charge in [0.1, 0.15) is 18.2 Å². The number of carboxylic acid groups (broad SMARTS) is 1. The summed E-state index contributed by atoms with van der Waals surface area (Å²) in [6.07, 6.45) is 7.37. The minimum absolute atomic E-state index is 0.241. The van der Waals surface area contributed by atoms with Gasteiger partial charge in [0, 0.05) is 17.2 Å².